The zero-order valence-corrected chi connectivity index (χ0v) is 10.1. The maximum absolute atomic E-state index is 11.7. The molecule has 1 saturated heterocycles. The minimum absolute atomic E-state index is 0.173. The van der Waals surface area contributed by atoms with Crippen molar-refractivity contribution in [3.63, 3.8) is 0 Å². The first-order valence-corrected chi connectivity index (χ1v) is 6.07. The third kappa shape index (κ3) is 1.99. The lowest BCUT2D eigenvalue weighted by molar-refractivity contribution is -0.149. The molecule has 0 aromatic heterocycles. The van der Waals surface area contributed by atoms with E-state index in [0.29, 0.717) is 24.5 Å². The highest BCUT2D eigenvalue weighted by Crippen LogP contribution is 2.38. The van der Waals surface area contributed by atoms with Crippen LogP contribution < -0.4 is 14.8 Å². The number of carbonyl (C=O) groups excluding carboxylic acids is 1. The summed E-state index contributed by atoms with van der Waals surface area (Å²) in [5, 5.41) is 11.8. The molecule has 2 aliphatic heterocycles. The van der Waals surface area contributed by atoms with E-state index in [4.69, 9.17) is 9.47 Å². The number of amides is 1. The van der Waals surface area contributed by atoms with Crippen LogP contribution in [0, 0.1) is 5.92 Å². The summed E-state index contributed by atoms with van der Waals surface area (Å²) in [7, 11) is 0. The molecule has 2 N–H and O–H groups in total. The molecular formula is C13H13NO5. The summed E-state index contributed by atoms with van der Waals surface area (Å²) in [5.74, 6) is -1.65. The molecule has 1 aromatic carbocycles. The number of carbonyl (C=O) groups is 2. The highest BCUT2D eigenvalue weighted by molar-refractivity contribution is 5.98. The molecule has 6 heteroatoms. The Hall–Kier alpha value is -2.24. The fraction of sp³-hybridized carbons (Fsp3) is 0.385. The fourth-order valence-corrected chi connectivity index (χ4v) is 2.60. The van der Waals surface area contributed by atoms with Crippen LogP contribution in [0.2, 0.25) is 0 Å². The first kappa shape index (κ1) is 11.8. The van der Waals surface area contributed by atoms with Gasteiger partial charge in [-0.2, -0.15) is 0 Å². The molecule has 100 valence electrons. The lowest BCUT2D eigenvalue weighted by Crippen LogP contribution is -2.44. The molecule has 1 aromatic rings. The van der Waals surface area contributed by atoms with E-state index >= 15 is 0 Å². The summed E-state index contributed by atoms with van der Waals surface area (Å²) in [6, 6.07) is 5.32. The van der Waals surface area contributed by atoms with E-state index in [9.17, 15) is 14.7 Å². The SMILES string of the molecule is O=C(O)C1C(=O)NCCC1c1ccc2c(c1)OCO2. The van der Waals surface area contributed by atoms with Gasteiger partial charge in [-0.3, -0.25) is 9.59 Å². The first-order chi connectivity index (χ1) is 9.16. The molecule has 0 spiro atoms. The average molecular weight is 263 g/mol. The van der Waals surface area contributed by atoms with Crippen molar-refractivity contribution in [1.29, 1.82) is 0 Å². The number of aliphatic carboxylic acids is 1. The molecule has 2 heterocycles. The zero-order valence-electron chi connectivity index (χ0n) is 10.1. The normalized spacial score (nSPS) is 24.9. The number of hydrogen-bond donors (Lipinski definition) is 2. The van der Waals surface area contributed by atoms with Crippen LogP contribution in [-0.2, 0) is 9.59 Å². The van der Waals surface area contributed by atoms with E-state index in [1.165, 1.54) is 0 Å². The topological polar surface area (TPSA) is 84.9 Å². The highest BCUT2D eigenvalue weighted by atomic mass is 16.7. The first-order valence-electron chi connectivity index (χ1n) is 6.07. The Morgan fingerprint density at radius 3 is 2.89 bits per heavy atom. The largest absolute Gasteiger partial charge is 0.481 e. The fourth-order valence-electron chi connectivity index (χ4n) is 2.60. The lowest BCUT2D eigenvalue weighted by Gasteiger charge is -2.28. The molecule has 19 heavy (non-hydrogen) atoms. The van der Waals surface area contributed by atoms with Crippen molar-refractivity contribution in [2.75, 3.05) is 13.3 Å². The van der Waals surface area contributed by atoms with Gasteiger partial charge in [-0.25, -0.2) is 0 Å². The zero-order chi connectivity index (χ0) is 13.4. The van der Waals surface area contributed by atoms with Gasteiger partial charge < -0.3 is 19.9 Å². The van der Waals surface area contributed by atoms with Gasteiger partial charge in [-0.05, 0) is 24.1 Å². The van der Waals surface area contributed by atoms with Crippen molar-refractivity contribution >= 4 is 11.9 Å². The molecule has 0 saturated carbocycles. The van der Waals surface area contributed by atoms with E-state index < -0.39 is 17.8 Å². The van der Waals surface area contributed by atoms with Gasteiger partial charge in [0, 0.05) is 12.5 Å². The second kappa shape index (κ2) is 4.46. The molecule has 2 atom stereocenters. The summed E-state index contributed by atoms with van der Waals surface area (Å²) in [5.41, 5.74) is 0.798. The monoisotopic (exact) mass is 263 g/mol. The predicted molar refractivity (Wildman–Crippen MR) is 64.1 cm³/mol. The van der Waals surface area contributed by atoms with Gasteiger partial charge in [-0.15, -0.1) is 0 Å². The van der Waals surface area contributed by atoms with Crippen LogP contribution in [0.3, 0.4) is 0 Å². The van der Waals surface area contributed by atoms with Crippen LogP contribution in [-0.4, -0.2) is 30.3 Å². The molecule has 2 unspecified atom stereocenters. The Bertz CT molecular complexity index is 542. The number of benzene rings is 1. The average Bonchev–Trinajstić information content (AvgIpc) is 2.85. The number of ether oxygens (including phenoxy) is 2. The maximum Gasteiger partial charge on any atom is 0.316 e. The Morgan fingerprint density at radius 1 is 1.32 bits per heavy atom. The molecule has 0 aliphatic carbocycles. The second-order valence-electron chi connectivity index (χ2n) is 4.61. The number of carboxylic acid groups (broad SMARTS) is 1. The van der Waals surface area contributed by atoms with Crippen molar-refractivity contribution < 1.29 is 24.2 Å². The number of rotatable bonds is 2. The smallest absolute Gasteiger partial charge is 0.316 e. The van der Waals surface area contributed by atoms with E-state index in [-0.39, 0.29) is 12.7 Å². The molecule has 0 radical (unpaired) electrons. The molecular weight excluding hydrogens is 250 g/mol. The van der Waals surface area contributed by atoms with Crippen molar-refractivity contribution in [2.45, 2.75) is 12.3 Å². The summed E-state index contributed by atoms with van der Waals surface area (Å²) in [6.07, 6.45) is 0.600. The number of piperidine rings is 1. The van der Waals surface area contributed by atoms with Gasteiger partial charge in [0.15, 0.2) is 11.5 Å². The van der Waals surface area contributed by atoms with Crippen LogP contribution in [0.25, 0.3) is 0 Å². The van der Waals surface area contributed by atoms with E-state index in [2.05, 4.69) is 5.32 Å². The second-order valence-corrected chi connectivity index (χ2v) is 4.61. The van der Waals surface area contributed by atoms with Gasteiger partial charge >= 0.3 is 5.97 Å². The summed E-state index contributed by atoms with van der Waals surface area (Å²) >= 11 is 0. The number of fused-ring (bicyclic) bond motifs is 1. The van der Waals surface area contributed by atoms with Crippen LogP contribution in [0.15, 0.2) is 18.2 Å². The number of hydrogen-bond acceptors (Lipinski definition) is 4. The summed E-state index contributed by atoms with van der Waals surface area (Å²) in [4.78, 5) is 23.0. The Morgan fingerprint density at radius 2 is 2.11 bits per heavy atom. The van der Waals surface area contributed by atoms with Crippen LogP contribution in [0.5, 0.6) is 11.5 Å². The molecule has 6 nitrogen and oxygen atoms in total. The third-order valence-corrected chi connectivity index (χ3v) is 3.53. The molecule has 3 rings (SSSR count). The van der Waals surface area contributed by atoms with E-state index in [1.54, 1.807) is 18.2 Å². The van der Waals surface area contributed by atoms with Crippen molar-refractivity contribution in [2.24, 2.45) is 5.92 Å². The van der Waals surface area contributed by atoms with Crippen molar-refractivity contribution in [3.05, 3.63) is 23.8 Å². The number of nitrogens with one attached hydrogen (secondary N) is 1. The Labute approximate surface area is 109 Å². The van der Waals surface area contributed by atoms with E-state index in [1.807, 2.05) is 0 Å². The van der Waals surface area contributed by atoms with Crippen molar-refractivity contribution in [3.8, 4) is 11.5 Å². The summed E-state index contributed by atoms with van der Waals surface area (Å²) in [6.45, 7) is 0.661. The highest BCUT2D eigenvalue weighted by Gasteiger charge is 2.39. The molecule has 2 aliphatic rings. The van der Waals surface area contributed by atoms with Gasteiger partial charge in [-0.1, -0.05) is 6.07 Å². The van der Waals surface area contributed by atoms with Gasteiger partial charge in [0.1, 0.15) is 5.92 Å². The Balaban J connectivity index is 1.95. The minimum Gasteiger partial charge on any atom is -0.481 e. The molecule has 0 bridgehead atoms. The van der Waals surface area contributed by atoms with Gasteiger partial charge in [0.05, 0.1) is 0 Å². The predicted octanol–water partition coefficient (Wildman–Crippen LogP) is 0.720. The standard InChI is InChI=1S/C13H13NO5/c15-12-11(13(16)17)8(3-4-14-12)7-1-2-9-10(5-7)19-6-18-9/h1-2,5,8,11H,3-4,6H2,(H,14,15)(H,16,17). The van der Waals surface area contributed by atoms with Crippen LogP contribution in [0.4, 0.5) is 0 Å². The van der Waals surface area contributed by atoms with Crippen molar-refractivity contribution in [1.82, 2.24) is 5.32 Å². The molecule has 1 fully saturated rings. The minimum atomic E-state index is -1.10. The van der Waals surface area contributed by atoms with Gasteiger partial charge in [0.25, 0.3) is 0 Å². The maximum atomic E-state index is 11.7. The van der Waals surface area contributed by atoms with Crippen LogP contribution >= 0.6 is 0 Å². The lowest BCUT2D eigenvalue weighted by atomic mass is 9.80. The van der Waals surface area contributed by atoms with E-state index in [0.717, 1.165) is 5.56 Å². The number of carboxylic acids is 1. The molecule has 1 amide bonds. The van der Waals surface area contributed by atoms with Crippen LogP contribution in [0.1, 0.15) is 17.9 Å². The van der Waals surface area contributed by atoms with Gasteiger partial charge in [0.2, 0.25) is 12.7 Å². The quantitative estimate of drug-likeness (QED) is 0.768. The third-order valence-electron chi connectivity index (χ3n) is 3.53. The Kier molecular flexibility index (Phi) is 2.77. The summed E-state index contributed by atoms with van der Waals surface area (Å²) < 4.78 is 10.5.